The monoisotopic (exact) mass is 300 g/mol. The molecule has 0 fully saturated rings. The van der Waals surface area contributed by atoms with Gasteiger partial charge >= 0.3 is 0 Å². The van der Waals surface area contributed by atoms with Crippen LogP contribution in [0.3, 0.4) is 0 Å². The van der Waals surface area contributed by atoms with E-state index in [9.17, 15) is 4.79 Å². The Labute approximate surface area is 133 Å². The molecule has 3 nitrogen and oxygen atoms in total. The highest BCUT2D eigenvalue weighted by atomic mass is 16.1. The van der Waals surface area contributed by atoms with E-state index in [-0.39, 0.29) is 5.56 Å². The fraction of sp³-hybridized carbons (Fsp3) is 0.100. The number of aryl methyl sites for hydroxylation is 2. The van der Waals surface area contributed by atoms with Crippen LogP contribution in [-0.2, 0) is 12.8 Å². The summed E-state index contributed by atoms with van der Waals surface area (Å²) in [5.41, 5.74) is 3.05. The molecule has 1 N–H and O–H groups in total. The standard InChI is InChI=1S/C20H16N2O/c23-20-18-13-15(9-8-14-5-2-1-3-6-14)10-11-16(18)17-7-4-12-21-19(17)22-20/h1-7,10-13H,8-9H2,(H,21,22,23). The predicted octanol–water partition coefficient (Wildman–Crippen LogP) is 3.86. The molecule has 4 rings (SSSR count). The van der Waals surface area contributed by atoms with E-state index in [1.807, 2.05) is 30.3 Å². The van der Waals surface area contributed by atoms with Gasteiger partial charge in [-0.3, -0.25) is 4.79 Å². The summed E-state index contributed by atoms with van der Waals surface area (Å²) in [5.74, 6) is 0. The molecule has 0 saturated heterocycles. The van der Waals surface area contributed by atoms with Gasteiger partial charge < -0.3 is 4.98 Å². The molecule has 2 heterocycles. The summed E-state index contributed by atoms with van der Waals surface area (Å²) < 4.78 is 0. The summed E-state index contributed by atoms with van der Waals surface area (Å²) in [5, 5.41) is 2.67. The van der Waals surface area contributed by atoms with Gasteiger partial charge in [-0.15, -0.1) is 0 Å². The highest BCUT2D eigenvalue weighted by Crippen LogP contribution is 2.21. The molecule has 0 atom stereocenters. The van der Waals surface area contributed by atoms with Crippen molar-refractivity contribution in [3.05, 3.63) is 88.3 Å². The number of rotatable bonds is 3. The van der Waals surface area contributed by atoms with Gasteiger partial charge in [-0.1, -0.05) is 42.5 Å². The molecule has 0 saturated carbocycles. The Balaban J connectivity index is 1.74. The number of hydrogen-bond donors (Lipinski definition) is 1. The smallest absolute Gasteiger partial charge is 0.257 e. The summed E-state index contributed by atoms with van der Waals surface area (Å²) in [7, 11) is 0. The number of nitrogens with zero attached hydrogens (tertiary/aromatic N) is 1. The SMILES string of the molecule is O=c1[nH]c2ncccc2c2ccc(CCc3ccccc3)cc12. The Kier molecular flexibility index (Phi) is 3.39. The predicted molar refractivity (Wildman–Crippen MR) is 93.7 cm³/mol. The van der Waals surface area contributed by atoms with Crippen LogP contribution in [0.4, 0.5) is 0 Å². The van der Waals surface area contributed by atoms with E-state index in [0.717, 1.165) is 29.0 Å². The first kappa shape index (κ1) is 13.7. The van der Waals surface area contributed by atoms with Crippen molar-refractivity contribution in [2.75, 3.05) is 0 Å². The number of H-pyrrole nitrogens is 1. The molecule has 2 aromatic heterocycles. The minimum absolute atomic E-state index is 0.0761. The Hall–Kier alpha value is -2.94. The van der Waals surface area contributed by atoms with Gasteiger partial charge in [0, 0.05) is 17.0 Å². The van der Waals surface area contributed by atoms with E-state index in [0.29, 0.717) is 5.65 Å². The quantitative estimate of drug-likeness (QED) is 0.584. The number of fused-ring (bicyclic) bond motifs is 3. The summed E-state index contributed by atoms with van der Waals surface area (Å²) in [6.07, 6.45) is 3.59. The molecule has 0 aliphatic carbocycles. The Bertz CT molecular complexity index is 1040. The number of aromatic amines is 1. The second kappa shape index (κ2) is 5.69. The van der Waals surface area contributed by atoms with Crippen LogP contribution >= 0.6 is 0 Å². The van der Waals surface area contributed by atoms with E-state index in [4.69, 9.17) is 0 Å². The Morgan fingerprint density at radius 1 is 0.783 bits per heavy atom. The van der Waals surface area contributed by atoms with Crippen LogP contribution in [-0.4, -0.2) is 9.97 Å². The van der Waals surface area contributed by atoms with Gasteiger partial charge in [0.25, 0.3) is 5.56 Å². The normalized spacial score (nSPS) is 11.1. The second-order valence-corrected chi connectivity index (χ2v) is 5.72. The maximum absolute atomic E-state index is 12.3. The molecule has 4 aromatic rings. The number of aromatic nitrogens is 2. The Morgan fingerprint density at radius 2 is 1.61 bits per heavy atom. The summed E-state index contributed by atoms with van der Waals surface area (Å²) in [4.78, 5) is 19.4. The highest BCUT2D eigenvalue weighted by molar-refractivity contribution is 6.04. The number of hydrogen-bond acceptors (Lipinski definition) is 2. The van der Waals surface area contributed by atoms with Crippen LogP contribution in [0.25, 0.3) is 21.8 Å². The molecule has 0 spiro atoms. The highest BCUT2D eigenvalue weighted by Gasteiger charge is 2.06. The maximum atomic E-state index is 12.3. The van der Waals surface area contributed by atoms with Crippen molar-refractivity contribution >= 4 is 21.8 Å². The third-order valence-corrected chi connectivity index (χ3v) is 4.20. The van der Waals surface area contributed by atoms with Crippen LogP contribution in [0.2, 0.25) is 0 Å². The van der Waals surface area contributed by atoms with E-state index in [1.54, 1.807) is 6.20 Å². The maximum Gasteiger partial charge on any atom is 0.257 e. The van der Waals surface area contributed by atoms with Gasteiger partial charge in [-0.2, -0.15) is 0 Å². The molecule has 0 unspecified atom stereocenters. The lowest BCUT2D eigenvalue weighted by atomic mass is 10.0. The number of pyridine rings is 2. The van der Waals surface area contributed by atoms with Crippen molar-refractivity contribution in [3.63, 3.8) is 0 Å². The average molecular weight is 300 g/mol. The van der Waals surface area contributed by atoms with Crippen LogP contribution in [0.1, 0.15) is 11.1 Å². The first-order valence-corrected chi connectivity index (χ1v) is 7.75. The lowest BCUT2D eigenvalue weighted by molar-refractivity contribution is 0.962. The molecule has 112 valence electrons. The molecule has 3 heteroatoms. The van der Waals surface area contributed by atoms with E-state index < -0.39 is 0 Å². The van der Waals surface area contributed by atoms with E-state index in [1.165, 1.54) is 11.1 Å². The molecule has 2 aromatic carbocycles. The van der Waals surface area contributed by atoms with Crippen LogP contribution in [0, 0.1) is 0 Å². The molecule has 0 radical (unpaired) electrons. The second-order valence-electron chi connectivity index (χ2n) is 5.72. The summed E-state index contributed by atoms with van der Waals surface area (Å²) >= 11 is 0. The third kappa shape index (κ3) is 2.61. The fourth-order valence-electron chi connectivity index (χ4n) is 3.00. The lowest BCUT2D eigenvalue weighted by Crippen LogP contribution is -2.07. The molecule has 0 amide bonds. The molecule has 23 heavy (non-hydrogen) atoms. The molecule has 0 aliphatic heterocycles. The van der Waals surface area contributed by atoms with E-state index in [2.05, 4.69) is 40.3 Å². The molecular weight excluding hydrogens is 284 g/mol. The largest absolute Gasteiger partial charge is 0.306 e. The number of benzene rings is 2. The van der Waals surface area contributed by atoms with Crippen molar-refractivity contribution in [3.8, 4) is 0 Å². The molecular formula is C20H16N2O. The van der Waals surface area contributed by atoms with Crippen molar-refractivity contribution < 1.29 is 0 Å². The number of nitrogens with one attached hydrogen (secondary N) is 1. The van der Waals surface area contributed by atoms with Crippen LogP contribution in [0.5, 0.6) is 0 Å². The van der Waals surface area contributed by atoms with Crippen LogP contribution in [0.15, 0.2) is 71.7 Å². The minimum Gasteiger partial charge on any atom is -0.306 e. The third-order valence-electron chi connectivity index (χ3n) is 4.20. The average Bonchev–Trinajstić information content (AvgIpc) is 2.61. The lowest BCUT2D eigenvalue weighted by Gasteiger charge is -2.06. The first-order valence-electron chi connectivity index (χ1n) is 7.75. The van der Waals surface area contributed by atoms with Gasteiger partial charge in [0.1, 0.15) is 5.65 Å². The molecule has 0 aliphatic rings. The van der Waals surface area contributed by atoms with E-state index >= 15 is 0 Å². The van der Waals surface area contributed by atoms with Crippen LogP contribution < -0.4 is 5.56 Å². The summed E-state index contributed by atoms with van der Waals surface area (Å²) in [6.45, 7) is 0. The summed E-state index contributed by atoms with van der Waals surface area (Å²) in [6, 6.07) is 20.4. The topological polar surface area (TPSA) is 45.8 Å². The van der Waals surface area contributed by atoms with Crippen molar-refractivity contribution in [2.24, 2.45) is 0 Å². The zero-order valence-corrected chi connectivity index (χ0v) is 12.6. The van der Waals surface area contributed by atoms with Gasteiger partial charge in [0.2, 0.25) is 0 Å². The van der Waals surface area contributed by atoms with Gasteiger partial charge in [0.15, 0.2) is 0 Å². The zero-order chi connectivity index (χ0) is 15.6. The fourth-order valence-corrected chi connectivity index (χ4v) is 3.00. The van der Waals surface area contributed by atoms with Crippen molar-refractivity contribution in [2.45, 2.75) is 12.8 Å². The van der Waals surface area contributed by atoms with Crippen molar-refractivity contribution in [1.29, 1.82) is 0 Å². The first-order chi connectivity index (χ1) is 11.3. The Morgan fingerprint density at radius 3 is 2.48 bits per heavy atom. The van der Waals surface area contributed by atoms with Gasteiger partial charge in [-0.05, 0) is 47.6 Å². The zero-order valence-electron chi connectivity index (χ0n) is 12.6. The minimum atomic E-state index is -0.0761. The van der Waals surface area contributed by atoms with Gasteiger partial charge in [0.05, 0.1) is 0 Å². The van der Waals surface area contributed by atoms with Crippen molar-refractivity contribution in [1.82, 2.24) is 9.97 Å². The van der Waals surface area contributed by atoms with Gasteiger partial charge in [-0.25, -0.2) is 4.98 Å². The molecule has 0 bridgehead atoms.